The molecule has 9 nitrogen and oxygen atoms in total. The van der Waals surface area contributed by atoms with Gasteiger partial charge in [0.2, 0.25) is 0 Å². The number of hydrogen-bond donors (Lipinski definition) is 1. The maximum atomic E-state index is 15.0. The first-order valence-corrected chi connectivity index (χ1v) is 21.7. The molecule has 1 aliphatic heterocycles. The van der Waals surface area contributed by atoms with Gasteiger partial charge in [-0.15, -0.1) is 0 Å². The van der Waals surface area contributed by atoms with Crippen molar-refractivity contribution < 1.29 is 43.2 Å². The highest BCUT2D eigenvalue weighted by atomic mass is 16.6. The quantitative estimate of drug-likeness (QED) is 0.134. The van der Waals surface area contributed by atoms with Crippen LogP contribution in [0.15, 0.2) is 0 Å². The lowest BCUT2D eigenvalue weighted by atomic mass is 9.44. The summed E-state index contributed by atoms with van der Waals surface area (Å²) in [7, 11) is 0. The van der Waals surface area contributed by atoms with Gasteiger partial charge in [0.1, 0.15) is 16.8 Å². The van der Waals surface area contributed by atoms with Crippen LogP contribution in [0.4, 0.5) is 0 Å². The van der Waals surface area contributed by atoms with Gasteiger partial charge in [0.15, 0.2) is 6.10 Å². The van der Waals surface area contributed by atoms with Crippen LogP contribution in [0.2, 0.25) is 0 Å². The molecule has 352 valence electrons. The largest absolute Gasteiger partial charge is 0.459 e. The molecule has 9 fully saturated rings. The SMILES string of the molecule is C.C.C.C.C.C.CCC(C)(CC(C)(CC(C)(C)C(=O)OC1CC(=O)OC1(C)C)C(=O)OC12CC3CC(CC(O)(C3)C1)C2)C(=O)OC(CC)(CC)C12CC3CC(CC(C3)C1)C2. The van der Waals surface area contributed by atoms with Crippen molar-refractivity contribution in [1.29, 1.82) is 0 Å². The lowest BCUT2D eigenvalue weighted by molar-refractivity contribution is -0.230. The monoisotopic (exact) mass is 851 g/mol. The summed E-state index contributed by atoms with van der Waals surface area (Å²) in [5, 5.41) is 11.5. The first-order valence-electron chi connectivity index (χ1n) is 21.7. The lowest BCUT2D eigenvalue weighted by Gasteiger charge is -2.63. The van der Waals surface area contributed by atoms with Crippen LogP contribution in [0, 0.1) is 51.2 Å². The molecule has 5 atom stereocenters. The Labute approximate surface area is 368 Å². The topological polar surface area (TPSA) is 125 Å². The summed E-state index contributed by atoms with van der Waals surface area (Å²) in [5.41, 5.74) is -6.62. The Bertz CT molecular complexity index is 1470. The fourth-order valence-corrected chi connectivity index (χ4v) is 14.5. The minimum absolute atomic E-state index is 0. The minimum Gasteiger partial charge on any atom is -0.459 e. The number of cyclic esters (lactones) is 1. The van der Waals surface area contributed by atoms with Gasteiger partial charge in [0.05, 0.1) is 28.3 Å². The van der Waals surface area contributed by atoms with E-state index in [0.717, 1.165) is 64.2 Å². The maximum Gasteiger partial charge on any atom is 0.312 e. The Morgan fingerprint density at radius 3 is 1.57 bits per heavy atom. The maximum absolute atomic E-state index is 15.0. The molecule has 8 bridgehead atoms. The average molecular weight is 851 g/mol. The van der Waals surface area contributed by atoms with E-state index in [2.05, 4.69) is 13.8 Å². The van der Waals surface area contributed by atoms with Crippen LogP contribution in [0.1, 0.15) is 222 Å². The van der Waals surface area contributed by atoms with Gasteiger partial charge in [-0.25, -0.2) is 0 Å². The Morgan fingerprint density at radius 2 is 1.15 bits per heavy atom. The van der Waals surface area contributed by atoms with E-state index in [9.17, 15) is 19.5 Å². The number of aliphatic hydroxyl groups is 1. The van der Waals surface area contributed by atoms with Crippen molar-refractivity contribution >= 4 is 23.9 Å². The minimum atomic E-state index is -1.28. The summed E-state index contributed by atoms with van der Waals surface area (Å²) in [4.78, 5) is 56.2. The van der Waals surface area contributed by atoms with Gasteiger partial charge >= 0.3 is 23.9 Å². The summed E-state index contributed by atoms with van der Waals surface area (Å²) in [6, 6.07) is 0. The van der Waals surface area contributed by atoms with Crippen LogP contribution in [-0.4, -0.2) is 57.5 Å². The molecule has 1 N–H and O–H groups in total. The van der Waals surface area contributed by atoms with Gasteiger partial charge in [-0.1, -0.05) is 65.3 Å². The molecule has 8 saturated carbocycles. The van der Waals surface area contributed by atoms with E-state index in [0.29, 0.717) is 42.4 Å². The number of hydrogen-bond acceptors (Lipinski definition) is 9. The van der Waals surface area contributed by atoms with E-state index < -0.39 is 62.7 Å². The second-order valence-corrected chi connectivity index (χ2v) is 21.9. The molecule has 0 aromatic carbocycles. The van der Waals surface area contributed by atoms with Crippen LogP contribution in [0.5, 0.6) is 0 Å². The second kappa shape index (κ2) is 18.5. The number of carbonyl (C=O) groups is 4. The van der Waals surface area contributed by atoms with E-state index in [1.165, 1.54) is 19.3 Å². The van der Waals surface area contributed by atoms with Crippen molar-refractivity contribution in [3.8, 4) is 0 Å². The van der Waals surface area contributed by atoms with Crippen LogP contribution in [0.3, 0.4) is 0 Å². The molecule has 9 heteroatoms. The highest BCUT2D eigenvalue weighted by molar-refractivity contribution is 5.83. The van der Waals surface area contributed by atoms with Crippen molar-refractivity contribution in [2.45, 2.75) is 251 Å². The third-order valence-electron chi connectivity index (χ3n) is 16.4. The van der Waals surface area contributed by atoms with E-state index in [1.807, 2.05) is 20.8 Å². The third kappa shape index (κ3) is 9.66. The Kier molecular flexibility index (Phi) is 17.2. The zero-order valence-electron chi connectivity index (χ0n) is 34.9. The molecule has 0 amide bonds. The number of rotatable bonds is 14. The molecule has 9 rings (SSSR count). The van der Waals surface area contributed by atoms with Crippen LogP contribution >= 0.6 is 0 Å². The second-order valence-electron chi connectivity index (χ2n) is 21.9. The van der Waals surface area contributed by atoms with Crippen LogP contribution in [-0.2, 0) is 38.1 Å². The Hall–Kier alpha value is -2.16. The molecule has 0 aromatic rings. The van der Waals surface area contributed by atoms with Crippen LogP contribution < -0.4 is 0 Å². The molecule has 0 spiro atoms. The molecule has 5 unspecified atom stereocenters. The van der Waals surface area contributed by atoms with E-state index >= 15 is 4.79 Å². The molecule has 9 aliphatic rings. The summed E-state index contributed by atoms with van der Waals surface area (Å²) >= 11 is 0. The third-order valence-corrected chi connectivity index (χ3v) is 16.4. The zero-order chi connectivity index (χ0) is 39.3. The van der Waals surface area contributed by atoms with E-state index in [4.69, 9.17) is 18.9 Å². The molecule has 8 aliphatic carbocycles. The zero-order valence-corrected chi connectivity index (χ0v) is 34.9. The molecule has 1 saturated heterocycles. The summed E-state index contributed by atoms with van der Waals surface area (Å²) in [5.74, 6) is 1.14. The van der Waals surface area contributed by atoms with Crippen molar-refractivity contribution in [1.82, 2.24) is 0 Å². The summed E-state index contributed by atoms with van der Waals surface area (Å²) in [6.07, 6.45) is 13.2. The van der Waals surface area contributed by atoms with Crippen molar-refractivity contribution in [3.63, 3.8) is 0 Å². The highest BCUT2D eigenvalue weighted by Gasteiger charge is 2.64. The number of carbonyl (C=O) groups excluding carboxylic acids is 4. The summed E-state index contributed by atoms with van der Waals surface area (Å²) in [6.45, 7) is 17.1. The Morgan fingerprint density at radius 1 is 0.667 bits per heavy atom. The molecular weight excluding hydrogens is 757 g/mol. The smallest absolute Gasteiger partial charge is 0.312 e. The fraction of sp³-hybridized carbons (Fsp3) is 0.922. The molecule has 0 aromatic heterocycles. The van der Waals surface area contributed by atoms with Gasteiger partial charge in [0, 0.05) is 11.8 Å². The predicted molar refractivity (Wildman–Crippen MR) is 243 cm³/mol. The Balaban J connectivity index is 0.00000300. The predicted octanol–water partition coefficient (Wildman–Crippen LogP) is 12.6. The number of esters is 4. The first-order chi connectivity index (χ1) is 25.0. The molecular formula is C51H94O9. The fourth-order valence-electron chi connectivity index (χ4n) is 14.5. The van der Waals surface area contributed by atoms with Gasteiger partial charge < -0.3 is 24.1 Å². The lowest BCUT2D eigenvalue weighted by Crippen LogP contribution is -2.61. The first kappa shape index (κ1) is 55.9. The van der Waals surface area contributed by atoms with E-state index in [1.54, 1.807) is 27.7 Å². The van der Waals surface area contributed by atoms with Crippen molar-refractivity contribution in [2.75, 3.05) is 0 Å². The molecule has 60 heavy (non-hydrogen) atoms. The summed E-state index contributed by atoms with van der Waals surface area (Å²) < 4.78 is 25.1. The van der Waals surface area contributed by atoms with E-state index in [-0.39, 0.29) is 75.2 Å². The van der Waals surface area contributed by atoms with Crippen LogP contribution in [0.25, 0.3) is 0 Å². The molecule has 0 radical (unpaired) electrons. The average Bonchev–Trinajstić information content (AvgIpc) is 3.30. The van der Waals surface area contributed by atoms with Gasteiger partial charge in [0.25, 0.3) is 0 Å². The number of ether oxygens (including phenoxy) is 4. The highest BCUT2D eigenvalue weighted by Crippen LogP contribution is 2.66. The van der Waals surface area contributed by atoms with Crippen molar-refractivity contribution in [3.05, 3.63) is 0 Å². The van der Waals surface area contributed by atoms with Gasteiger partial charge in [-0.2, -0.15) is 0 Å². The van der Waals surface area contributed by atoms with Gasteiger partial charge in [-0.3, -0.25) is 19.2 Å². The molecule has 1 heterocycles. The standard InChI is InChI=1S/C45H70O9.6CH4/c1-10-40(8,36(48)54-45(11-2,12-3)42-18-28-13-29(19-42)15-30(14-28)20-42)26-41(9,25-38(4,5)35(47)51-33-17-34(46)52-39(33,6)7)37(49)53-44-23-31-16-32(24-44)22-43(50,21-31)27-44;;;;;;/h28-33,50H,10-27H2,1-9H3;6*1H4. The van der Waals surface area contributed by atoms with Crippen molar-refractivity contribution in [2.24, 2.45) is 51.2 Å². The normalized spacial score (nSPS) is 35.8. The van der Waals surface area contributed by atoms with Gasteiger partial charge in [-0.05, 0) is 174 Å².